The van der Waals surface area contributed by atoms with Crippen molar-refractivity contribution in [3.05, 3.63) is 30.1 Å². The zero-order valence-corrected chi connectivity index (χ0v) is 17.1. The summed E-state index contributed by atoms with van der Waals surface area (Å²) in [5, 5.41) is 2.55. The van der Waals surface area contributed by atoms with E-state index in [0.29, 0.717) is 19.5 Å². The molecule has 2 heterocycles. The van der Waals surface area contributed by atoms with E-state index in [1.807, 2.05) is 25.3 Å². The second kappa shape index (κ2) is 10.2. The molecule has 1 aromatic heterocycles. The standard InChI is InChI=1S/C21H31N3O4/c1-4-21(2,3)18(25)19(26)23-13-6-7-14-24(23)20(27)28-15-8-5-10-17-11-9-12-22-16-17/h9,11-12,16H,4-8,10,13-15H2,1-3H3. The molecular weight excluding hydrogens is 358 g/mol. The van der Waals surface area contributed by atoms with Crippen LogP contribution in [0, 0.1) is 5.41 Å². The molecular formula is C21H31N3O4. The zero-order valence-electron chi connectivity index (χ0n) is 17.1. The van der Waals surface area contributed by atoms with Crippen LogP contribution < -0.4 is 0 Å². The molecule has 0 atom stereocenters. The maximum absolute atomic E-state index is 12.7. The quantitative estimate of drug-likeness (QED) is 0.503. The summed E-state index contributed by atoms with van der Waals surface area (Å²) >= 11 is 0. The second-order valence-corrected chi connectivity index (χ2v) is 7.76. The molecule has 1 fully saturated rings. The monoisotopic (exact) mass is 389 g/mol. The van der Waals surface area contributed by atoms with Crippen molar-refractivity contribution in [2.24, 2.45) is 5.41 Å². The van der Waals surface area contributed by atoms with E-state index >= 15 is 0 Å². The van der Waals surface area contributed by atoms with Gasteiger partial charge in [0.2, 0.25) is 5.78 Å². The van der Waals surface area contributed by atoms with E-state index in [2.05, 4.69) is 4.98 Å². The van der Waals surface area contributed by atoms with Gasteiger partial charge in [0.15, 0.2) is 0 Å². The van der Waals surface area contributed by atoms with Crippen molar-refractivity contribution in [3.8, 4) is 0 Å². The van der Waals surface area contributed by atoms with Gasteiger partial charge in [-0.25, -0.2) is 14.8 Å². The lowest BCUT2D eigenvalue weighted by Gasteiger charge is -2.38. The summed E-state index contributed by atoms with van der Waals surface area (Å²) in [6.07, 6.45) is 7.60. The molecule has 28 heavy (non-hydrogen) atoms. The number of unbranched alkanes of at least 4 members (excludes halogenated alkanes) is 1. The Hall–Kier alpha value is -2.44. The number of amides is 2. The Morgan fingerprint density at radius 1 is 1.14 bits per heavy atom. The summed E-state index contributed by atoms with van der Waals surface area (Å²) in [6.45, 7) is 6.41. The van der Waals surface area contributed by atoms with E-state index < -0.39 is 23.2 Å². The molecule has 0 unspecified atom stereocenters. The van der Waals surface area contributed by atoms with Crippen molar-refractivity contribution < 1.29 is 19.1 Å². The number of carbonyl (C=O) groups excluding carboxylic acids is 3. The zero-order chi connectivity index (χ0) is 20.6. The second-order valence-electron chi connectivity index (χ2n) is 7.76. The lowest BCUT2D eigenvalue weighted by atomic mass is 9.85. The topological polar surface area (TPSA) is 79.8 Å². The van der Waals surface area contributed by atoms with E-state index in [4.69, 9.17) is 4.74 Å². The van der Waals surface area contributed by atoms with Crippen molar-refractivity contribution >= 4 is 17.8 Å². The number of rotatable bonds is 8. The van der Waals surface area contributed by atoms with Crippen LogP contribution in [-0.4, -0.2) is 52.5 Å². The number of aryl methyl sites for hydroxylation is 1. The first-order chi connectivity index (χ1) is 13.4. The SMILES string of the molecule is CCC(C)(C)C(=O)C(=O)N1CCCCN1C(=O)OCCCCc1cccnc1. The molecule has 0 N–H and O–H groups in total. The normalized spacial score (nSPS) is 14.7. The van der Waals surface area contributed by atoms with Crippen molar-refractivity contribution in [1.82, 2.24) is 15.0 Å². The maximum Gasteiger partial charge on any atom is 0.428 e. The number of hydrogen-bond acceptors (Lipinski definition) is 5. The summed E-state index contributed by atoms with van der Waals surface area (Å²) in [6, 6.07) is 3.92. The van der Waals surface area contributed by atoms with Gasteiger partial charge < -0.3 is 4.74 Å². The van der Waals surface area contributed by atoms with Gasteiger partial charge in [0.25, 0.3) is 0 Å². The lowest BCUT2D eigenvalue weighted by molar-refractivity contribution is -0.161. The molecule has 0 aromatic carbocycles. The molecule has 7 heteroatoms. The number of hydrogen-bond donors (Lipinski definition) is 0. The minimum absolute atomic E-state index is 0.284. The Kier molecular flexibility index (Phi) is 7.96. The molecule has 1 aliphatic rings. The Morgan fingerprint density at radius 3 is 2.50 bits per heavy atom. The Morgan fingerprint density at radius 2 is 1.86 bits per heavy atom. The number of aromatic nitrogens is 1. The van der Waals surface area contributed by atoms with Gasteiger partial charge in [-0.2, -0.15) is 0 Å². The van der Waals surface area contributed by atoms with Crippen LogP contribution >= 0.6 is 0 Å². The van der Waals surface area contributed by atoms with Gasteiger partial charge >= 0.3 is 12.0 Å². The predicted octanol–water partition coefficient (Wildman–Crippen LogP) is 3.39. The predicted molar refractivity (Wildman–Crippen MR) is 105 cm³/mol. The molecule has 7 nitrogen and oxygen atoms in total. The molecule has 0 saturated carbocycles. The van der Waals surface area contributed by atoms with Crippen LogP contribution in [0.5, 0.6) is 0 Å². The van der Waals surface area contributed by atoms with Crippen molar-refractivity contribution in [3.63, 3.8) is 0 Å². The van der Waals surface area contributed by atoms with E-state index in [1.165, 1.54) is 10.0 Å². The van der Waals surface area contributed by atoms with Gasteiger partial charge in [-0.3, -0.25) is 14.6 Å². The maximum atomic E-state index is 12.7. The van der Waals surface area contributed by atoms with Crippen LogP contribution in [-0.2, 0) is 20.7 Å². The number of pyridine rings is 1. The van der Waals surface area contributed by atoms with Crippen molar-refractivity contribution in [2.75, 3.05) is 19.7 Å². The average Bonchev–Trinajstić information content (AvgIpc) is 2.73. The van der Waals surface area contributed by atoms with E-state index in [9.17, 15) is 14.4 Å². The number of hydrazine groups is 1. The van der Waals surface area contributed by atoms with Gasteiger partial charge in [-0.05, 0) is 50.2 Å². The third-order valence-electron chi connectivity index (χ3n) is 5.23. The molecule has 1 aromatic rings. The van der Waals surface area contributed by atoms with Crippen LogP contribution in [0.3, 0.4) is 0 Å². The molecule has 0 spiro atoms. The Bertz CT molecular complexity index is 675. The number of ether oxygens (including phenoxy) is 1. The van der Waals surface area contributed by atoms with Gasteiger partial charge in [-0.1, -0.05) is 26.8 Å². The van der Waals surface area contributed by atoms with E-state index in [1.54, 1.807) is 20.0 Å². The van der Waals surface area contributed by atoms with E-state index in [0.717, 1.165) is 37.7 Å². The summed E-state index contributed by atoms with van der Waals surface area (Å²) in [5.41, 5.74) is 0.412. The first-order valence-corrected chi connectivity index (χ1v) is 10.1. The first-order valence-electron chi connectivity index (χ1n) is 10.1. The number of ketones is 1. The molecule has 2 rings (SSSR count). The third-order valence-corrected chi connectivity index (χ3v) is 5.23. The van der Waals surface area contributed by atoms with Crippen LogP contribution in [0.4, 0.5) is 4.79 Å². The van der Waals surface area contributed by atoms with Gasteiger partial charge in [0.05, 0.1) is 6.61 Å². The minimum Gasteiger partial charge on any atom is -0.448 e. The first kappa shape index (κ1) is 21.9. The Labute approximate surface area is 167 Å². The molecule has 154 valence electrons. The van der Waals surface area contributed by atoms with Crippen LogP contribution in [0.15, 0.2) is 24.5 Å². The highest BCUT2D eigenvalue weighted by Gasteiger charge is 2.39. The fourth-order valence-corrected chi connectivity index (χ4v) is 2.94. The van der Waals surface area contributed by atoms with E-state index in [-0.39, 0.29) is 6.61 Å². The highest BCUT2D eigenvalue weighted by molar-refractivity contribution is 6.37. The smallest absolute Gasteiger partial charge is 0.428 e. The van der Waals surface area contributed by atoms with Crippen LogP contribution in [0.1, 0.15) is 58.4 Å². The average molecular weight is 389 g/mol. The summed E-state index contributed by atoms with van der Waals surface area (Å²) in [5.74, 6) is -1.09. The number of Topliss-reactive ketones (excluding diaryl/α,β-unsaturated/α-hetero) is 1. The van der Waals surface area contributed by atoms with Crippen LogP contribution in [0.2, 0.25) is 0 Å². The van der Waals surface area contributed by atoms with Crippen molar-refractivity contribution in [1.29, 1.82) is 0 Å². The van der Waals surface area contributed by atoms with Gasteiger partial charge in [0.1, 0.15) is 0 Å². The van der Waals surface area contributed by atoms with Gasteiger partial charge in [-0.15, -0.1) is 0 Å². The minimum atomic E-state index is -0.740. The number of nitrogens with zero attached hydrogens (tertiary/aromatic N) is 3. The van der Waals surface area contributed by atoms with Crippen LogP contribution in [0.25, 0.3) is 0 Å². The summed E-state index contributed by atoms with van der Waals surface area (Å²) in [4.78, 5) is 41.7. The third kappa shape index (κ3) is 5.78. The molecule has 0 aliphatic carbocycles. The summed E-state index contributed by atoms with van der Waals surface area (Å²) in [7, 11) is 0. The molecule has 1 aliphatic heterocycles. The highest BCUT2D eigenvalue weighted by atomic mass is 16.6. The van der Waals surface area contributed by atoms with Crippen molar-refractivity contribution in [2.45, 2.75) is 59.3 Å². The molecule has 1 saturated heterocycles. The molecule has 2 amide bonds. The van der Waals surface area contributed by atoms with Gasteiger partial charge in [0, 0.05) is 30.9 Å². The molecule has 0 bridgehead atoms. The largest absolute Gasteiger partial charge is 0.448 e. The highest BCUT2D eigenvalue weighted by Crippen LogP contribution is 2.24. The lowest BCUT2D eigenvalue weighted by Crippen LogP contribution is -2.56. The number of carbonyl (C=O) groups is 3. The summed E-state index contributed by atoms with van der Waals surface area (Å²) < 4.78 is 5.36. The fraction of sp³-hybridized carbons (Fsp3) is 0.619. The Balaban J connectivity index is 1.84. The fourth-order valence-electron chi connectivity index (χ4n) is 2.94. The molecule has 0 radical (unpaired) electrons.